The molecule has 0 saturated carbocycles. The second kappa shape index (κ2) is 6.91. The van der Waals surface area contributed by atoms with Crippen molar-refractivity contribution in [3.05, 3.63) is 30.6 Å². The molecule has 0 unspecified atom stereocenters. The third-order valence-electron chi connectivity index (χ3n) is 4.64. The van der Waals surface area contributed by atoms with Crippen molar-refractivity contribution in [1.29, 1.82) is 0 Å². The van der Waals surface area contributed by atoms with E-state index in [0.717, 1.165) is 33.8 Å². The second-order valence-electron chi connectivity index (χ2n) is 6.42. The number of fused-ring (bicyclic) bond motifs is 3. The van der Waals surface area contributed by atoms with Crippen LogP contribution in [0.15, 0.2) is 30.6 Å². The zero-order valence-electron chi connectivity index (χ0n) is 13.7. The SMILES string of the molecule is O=C(CCCN1CCCCC1)Nc1ccc2c(c1)sc1nccn12. The lowest BCUT2D eigenvalue weighted by Gasteiger charge is -2.26. The Hall–Kier alpha value is -1.92. The molecule has 5 nitrogen and oxygen atoms in total. The lowest BCUT2D eigenvalue weighted by molar-refractivity contribution is -0.116. The molecule has 6 heteroatoms. The quantitative estimate of drug-likeness (QED) is 0.768. The Morgan fingerprint density at radius 3 is 3.00 bits per heavy atom. The normalized spacial score (nSPS) is 16.0. The summed E-state index contributed by atoms with van der Waals surface area (Å²) < 4.78 is 3.22. The summed E-state index contributed by atoms with van der Waals surface area (Å²) >= 11 is 1.64. The van der Waals surface area contributed by atoms with E-state index < -0.39 is 0 Å². The van der Waals surface area contributed by atoms with E-state index in [1.54, 1.807) is 11.3 Å². The van der Waals surface area contributed by atoms with Crippen molar-refractivity contribution in [2.24, 2.45) is 0 Å². The summed E-state index contributed by atoms with van der Waals surface area (Å²) in [5, 5.41) is 3.03. The zero-order chi connectivity index (χ0) is 16.4. The first-order valence-electron chi connectivity index (χ1n) is 8.67. The van der Waals surface area contributed by atoms with Crippen molar-refractivity contribution in [3.8, 4) is 0 Å². The maximum atomic E-state index is 12.2. The molecule has 0 atom stereocenters. The number of hydrogen-bond donors (Lipinski definition) is 1. The van der Waals surface area contributed by atoms with Crippen molar-refractivity contribution in [2.45, 2.75) is 32.1 Å². The molecule has 1 aliphatic heterocycles. The number of likely N-dealkylation sites (tertiary alicyclic amines) is 1. The topological polar surface area (TPSA) is 49.6 Å². The molecule has 24 heavy (non-hydrogen) atoms. The van der Waals surface area contributed by atoms with Crippen LogP contribution in [-0.4, -0.2) is 39.8 Å². The van der Waals surface area contributed by atoms with Crippen LogP contribution < -0.4 is 5.32 Å². The van der Waals surface area contributed by atoms with Crippen molar-refractivity contribution >= 4 is 38.1 Å². The van der Waals surface area contributed by atoms with E-state index >= 15 is 0 Å². The number of anilines is 1. The van der Waals surface area contributed by atoms with E-state index in [1.807, 2.05) is 30.6 Å². The predicted octanol–water partition coefficient (Wildman–Crippen LogP) is 3.75. The molecule has 4 rings (SSSR count). The molecule has 0 spiro atoms. The molecule has 0 radical (unpaired) electrons. The van der Waals surface area contributed by atoms with Crippen LogP contribution in [0.3, 0.4) is 0 Å². The fraction of sp³-hybridized carbons (Fsp3) is 0.444. The largest absolute Gasteiger partial charge is 0.326 e. The monoisotopic (exact) mass is 342 g/mol. The summed E-state index contributed by atoms with van der Waals surface area (Å²) in [7, 11) is 0. The molecule has 0 bridgehead atoms. The van der Waals surface area contributed by atoms with Crippen LogP contribution in [0.25, 0.3) is 15.2 Å². The lowest BCUT2D eigenvalue weighted by Crippen LogP contribution is -2.31. The number of piperidine rings is 1. The van der Waals surface area contributed by atoms with Gasteiger partial charge >= 0.3 is 0 Å². The van der Waals surface area contributed by atoms with Crippen molar-refractivity contribution in [3.63, 3.8) is 0 Å². The predicted molar refractivity (Wildman–Crippen MR) is 98.7 cm³/mol. The minimum Gasteiger partial charge on any atom is -0.326 e. The van der Waals surface area contributed by atoms with Gasteiger partial charge in [0.15, 0.2) is 4.96 Å². The van der Waals surface area contributed by atoms with Gasteiger partial charge < -0.3 is 10.2 Å². The standard InChI is InChI=1S/C18H22N4OS/c23-17(5-4-11-21-9-2-1-3-10-21)20-14-6-7-15-16(13-14)24-18-19-8-12-22(15)18/h6-8,12-13H,1-5,9-11H2,(H,20,23). The van der Waals surface area contributed by atoms with Crippen molar-refractivity contribution < 1.29 is 4.79 Å². The molecular formula is C18H22N4OS. The molecule has 3 aromatic rings. The average Bonchev–Trinajstić information content (AvgIpc) is 3.16. The maximum absolute atomic E-state index is 12.2. The number of thiazole rings is 1. The molecule has 1 N–H and O–H groups in total. The molecule has 1 saturated heterocycles. The Kier molecular flexibility index (Phi) is 4.49. The highest BCUT2D eigenvalue weighted by Gasteiger charge is 2.11. The van der Waals surface area contributed by atoms with Crippen LogP contribution in [0.4, 0.5) is 5.69 Å². The summed E-state index contributed by atoms with van der Waals surface area (Å²) in [6.07, 6.45) is 9.25. The number of carbonyl (C=O) groups is 1. The van der Waals surface area contributed by atoms with Crippen LogP contribution >= 0.6 is 11.3 Å². The van der Waals surface area contributed by atoms with Crippen LogP contribution in [0, 0.1) is 0 Å². The van der Waals surface area contributed by atoms with Crippen LogP contribution in [0.2, 0.25) is 0 Å². The Labute approximate surface area is 145 Å². The summed E-state index contributed by atoms with van der Waals surface area (Å²) in [6.45, 7) is 3.42. The minimum absolute atomic E-state index is 0.104. The fourth-order valence-electron chi connectivity index (χ4n) is 3.39. The molecule has 2 aromatic heterocycles. The van der Waals surface area contributed by atoms with E-state index in [2.05, 4.69) is 19.6 Å². The lowest BCUT2D eigenvalue weighted by atomic mass is 10.1. The van der Waals surface area contributed by atoms with E-state index in [9.17, 15) is 4.79 Å². The van der Waals surface area contributed by atoms with Gasteiger partial charge in [-0.05, 0) is 57.1 Å². The molecule has 3 heterocycles. The molecule has 1 aliphatic rings. The van der Waals surface area contributed by atoms with Gasteiger partial charge in [-0.25, -0.2) is 4.98 Å². The fourth-order valence-corrected chi connectivity index (χ4v) is 4.41. The third-order valence-corrected chi connectivity index (χ3v) is 5.67. The Bertz CT molecular complexity index is 847. The van der Waals surface area contributed by atoms with Gasteiger partial charge in [-0.1, -0.05) is 17.8 Å². The van der Waals surface area contributed by atoms with Crippen molar-refractivity contribution in [1.82, 2.24) is 14.3 Å². The number of imidazole rings is 1. The van der Waals surface area contributed by atoms with Gasteiger partial charge in [-0.2, -0.15) is 0 Å². The molecule has 1 fully saturated rings. The second-order valence-corrected chi connectivity index (χ2v) is 7.43. The van der Waals surface area contributed by atoms with Crippen LogP contribution in [0.1, 0.15) is 32.1 Å². The number of nitrogens with one attached hydrogen (secondary N) is 1. The zero-order valence-corrected chi connectivity index (χ0v) is 14.5. The number of hydrogen-bond acceptors (Lipinski definition) is 4. The van der Waals surface area contributed by atoms with Crippen LogP contribution in [-0.2, 0) is 4.79 Å². The van der Waals surface area contributed by atoms with Gasteiger partial charge in [-0.3, -0.25) is 9.20 Å². The van der Waals surface area contributed by atoms with Gasteiger partial charge in [0.2, 0.25) is 5.91 Å². The maximum Gasteiger partial charge on any atom is 0.224 e. The highest BCUT2D eigenvalue weighted by Crippen LogP contribution is 2.28. The Morgan fingerprint density at radius 1 is 1.25 bits per heavy atom. The highest BCUT2D eigenvalue weighted by atomic mass is 32.1. The minimum atomic E-state index is 0.104. The van der Waals surface area contributed by atoms with Gasteiger partial charge in [0, 0.05) is 24.5 Å². The number of aromatic nitrogens is 2. The number of nitrogens with zero attached hydrogens (tertiary/aromatic N) is 3. The molecule has 0 aliphatic carbocycles. The number of carbonyl (C=O) groups excluding carboxylic acids is 1. The molecule has 1 amide bonds. The van der Waals surface area contributed by atoms with E-state index in [1.165, 1.54) is 32.4 Å². The van der Waals surface area contributed by atoms with Gasteiger partial charge in [0.05, 0.1) is 10.2 Å². The summed E-state index contributed by atoms with van der Waals surface area (Å²) in [5.74, 6) is 0.104. The van der Waals surface area contributed by atoms with E-state index in [4.69, 9.17) is 0 Å². The molecule has 1 aromatic carbocycles. The van der Waals surface area contributed by atoms with Gasteiger partial charge in [0.25, 0.3) is 0 Å². The third kappa shape index (κ3) is 3.30. The number of benzene rings is 1. The molecular weight excluding hydrogens is 320 g/mol. The Morgan fingerprint density at radius 2 is 2.12 bits per heavy atom. The average molecular weight is 342 g/mol. The highest BCUT2D eigenvalue weighted by molar-refractivity contribution is 7.23. The first kappa shape index (κ1) is 15.6. The number of amides is 1. The molecule has 126 valence electrons. The van der Waals surface area contributed by atoms with E-state index in [0.29, 0.717) is 6.42 Å². The Balaban J connectivity index is 1.34. The summed E-state index contributed by atoms with van der Waals surface area (Å²) in [6, 6.07) is 6.05. The number of rotatable bonds is 5. The van der Waals surface area contributed by atoms with Crippen LogP contribution in [0.5, 0.6) is 0 Å². The van der Waals surface area contributed by atoms with E-state index in [-0.39, 0.29) is 5.91 Å². The first-order valence-corrected chi connectivity index (χ1v) is 9.49. The van der Waals surface area contributed by atoms with Crippen molar-refractivity contribution in [2.75, 3.05) is 25.0 Å². The van der Waals surface area contributed by atoms with Gasteiger partial charge in [0.1, 0.15) is 0 Å². The first-order chi connectivity index (χ1) is 11.8. The van der Waals surface area contributed by atoms with Gasteiger partial charge in [-0.15, -0.1) is 0 Å². The summed E-state index contributed by atoms with van der Waals surface area (Å²) in [5.41, 5.74) is 2.01. The summed E-state index contributed by atoms with van der Waals surface area (Å²) in [4.78, 5) is 19.9. The smallest absolute Gasteiger partial charge is 0.224 e.